The van der Waals surface area contributed by atoms with E-state index in [9.17, 15) is 0 Å². The van der Waals surface area contributed by atoms with E-state index in [1.54, 1.807) is 6.20 Å². The van der Waals surface area contributed by atoms with E-state index in [0.717, 1.165) is 21.5 Å². The van der Waals surface area contributed by atoms with Gasteiger partial charge in [-0.2, -0.15) is 0 Å². The summed E-state index contributed by atoms with van der Waals surface area (Å²) in [5, 5.41) is 1.76. The lowest BCUT2D eigenvalue weighted by atomic mass is 10.1. The molecule has 0 aliphatic rings. The lowest BCUT2D eigenvalue weighted by Gasteiger charge is -2.02. The molecule has 0 spiro atoms. The molecule has 2 aromatic rings. The number of nitrogens with two attached hydrogens (primary N) is 1. The van der Waals surface area contributed by atoms with Gasteiger partial charge in [0.05, 0.1) is 5.52 Å². The van der Waals surface area contributed by atoms with Crippen molar-refractivity contribution in [2.24, 2.45) is 5.73 Å². The van der Waals surface area contributed by atoms with E-state index in [0.29, 0.717) is 6.54 Å². The molecule has 82 valence electrons. The molecular weight excluding hydrogens is 254 g/mol. The van der Waals surface area contributed by atoms with Gasteiger partial charge in [-0.3, -0.25) is 4.98 Å². The van der Waals surface area contributed by atoms with Crippen molar-refractivity contribution in [1.29, 1.82) is 0 Å². The normalized spacial score (nSPS) is 9.20. The summed E-state index contributed by atoms with van der Waals surface area (Å²) < 4.78 is 0. The molecule has 0 amide bonds. The lowest BCUT2D eigenvalue weighted by Crippen LogP contribution is -1.97. The summed E-state index contributed by atoms with van der Waals surface area (Å²) in [7, 11) is 0. The van der Waals surface area contributed by atoms with Crippen LogP contribution < -0.4 is 5.73 Å². The molecule has 1 heterocycles. The zero-order valence-electron chi connectivity index (χ0n) is 7.81. The van der Waals surface area contributed by atoms with Crippen molar-refractivity contribution in [3.05, 3.63) is 41.0 Å². The average molecular weight is 266 g/mol. The van der Waals surface area contributed by atoms with Gasteiger partial charge in [0.15, 0.2) is 0 Å². The number of rotatable bonds is 1. The monoisotopic (exact) mass is 264 g/mol. The summed E-state index contributed by atoms with van der Waals surface area (Å²) >= 11 is 5.88. The molecule has 1 aromatic carbocycles. The van der Waals surface area contributed by atoms with E-state index in [1.807, 2.05) is 24.3 Å². The van der Waals surface area contributed by atoms with Crippen LogP contribution in [0, 0.1) is 0 Å². The number of fused-ring (bicyclic) bond motifs is 1. The minimum atomic E-state index is 0. The third-order valence-corrected chi connectivity index (χ3v) is 2.25. The van der Waals surface area contributed by atoms with Gasteiger partial charge in [0.1, 0.15) is 0 Å². The van der Waals surface area contributed by atoms with Crippen LogP contribution in [0.3, 0.4) is 0 Å². The molecule has 0 bridgehead atoms. The van der Waals surface area contributed by atoms with Gasteiger partial charge in [-0.1, -0.05) is 11.6 Å². The van der Waals surface area contributed by atoms with E-state index in [1.165, 1.54) is 0 Å². The van der Waals surface area contributed by atoms with E-state index >= 15 is 0 Å². The minimum absolute atomic E-state index is 0. The predicted octanol–water partition coefficient (Wildman–Crippen LogP) is 3.19. The van der Waals surface area contributed by atoms with Crippen LogP contribution in [-0.4, -0.2) is 4.98 Å². The molecule has 2 N–H and O–H groups in total. The highest BCUT2D eigenvalue weighted by Crippen LogP contribution is 2.20. The van der Waals surface area contributed by atoms with Crippen LogP contribution >= 0.6 is 36.4 Å². The fourth-order valence-electron chi connectivity index (χ4n) is 1.35. The molecule has 0 unspecified atom stereocenters. The second kappa shape index (κ2) is 6.13. The molecule has 1 aromatic heterocycles. The minimum Gasteiger partial charge on any atom is -0.326 e. The Hall–Kier alpha value is -0.540. The molecular formula is C10H11Cl3N2. The third-order valence-electron chi connectivity index (χ3n) is 2.01. The van der Waals surface area contributed by atoms with E-state index in [4.69, 9.17) is 17.3 Å². The number of nitrogens with zero attached hydrogens (tertiary/aromatic N) is 1. The second-order valence-corrected chi connectivity index (χ2v) is 3.27. The first-order valence-electron chi connectivity index (χ1n) is 4.04. The fourth-order valence-corrected chi connectivity index (χ4v) is 1.53. The predicted molar refractivity (Wildman–Crippen MR) is 69.1 cm³/mol. The van der Waals surface area contributed by atoms with E-state index < -0.39 is 0 Å². The van der Waals surface area contributed by atoms with Crippen LogP contribution in [0.2, 0.25) is 5.02 Å². The number of hydrogen-bond donors (Lipinski definition) is 1. The molecule has 0 fully saturated rings. The van der Waals surface area contributed by atoms with Gasteiger partial charge in [0.25, 0.3) is 0 Å². The fraction of sp³-hybridized carbons (Fsp3) is 0.100. The molecule has 0 aliphatic heterocycles. The largest absolute Gasteiger partial charge is 0.326 e. The summed E-state index contributed by atoms with van der Waals surface area (Å²) in [6.07, 6.45) is 1.76. The van der Waals surface area contributed by atoms with Crippen molar-refractivity contribution < 1.29 is 0 Å². The van der Waals surface area contributed by atoms with Crippen LogP contribution in [0.4, 0.5) is 0 Å². The number of hydrogen-bond acceptors (Lipinski definition) is 2. The summed E-state index contributed by atoms with van der Waals surface area (Å²) in [5.74, 6) is 0. The second-order valence-electron chi connectivity index (χ2n) is 2.84. The maximum atomic E-state index is 5.88. The molecule has 0 aliphatic carbocycles. The smallest absolute Gasteiger partial charge is 0.0706 e. The Morgan fingerprint density at radius 1 is 1.20 bits per heavy atom. The van der Waals surface area contributed by atoms with Crippen LogP contribution in [0.15, 0.2) is 30.5 Å². The van der Waals surface area contributed by atoms with Gasteiger partial charge in [-0.05, 0) is 29.8 Å². The van der Waals surface area contributed by atoms with Crippen molar-refractivity contribution in [2.75, 3.05) is 0 Å². The first-order valence-corrected chi connectivity index (χ1v) is 4.42. The van der Waals surface area contributed by atoms with Gasteiger partial charge >= 0.3 is 0 Å². The van der Waals surface area contributed by atoms with Gasteiger partial charge in [-0.25, -0.2) is 0 Å². The summed E-state index contributed by atoms with van der Waals surface area (Å²) in [6, 6.07) is 7.54. The molecule has 0 saturated carbocycles. The van der Waals surface area contributed by atoms with E-state index in [2.05, 4.69) is 4.98 Å². The van der Waals surface area contributed by atoms with Crippen LogP contribution in [0.1, 0.15) is 5.56 Å². The number of benzene rings is 1. The Morgan fingerprint density at radius 3 is 2.60 bits per heavy atom. The SMILES string of the molecule is Cl.Cl.NCc1ccnc2ccc(Cl)cc12. The number of pyridine rings is 1. The van der Waals surface area contributed by atoms with Gasteiger partial charge in [-0.15, -0.1) is 24.8 Å². The highest BCUT2D eigenvalue weighted by molar-refractivity contribution is 6.31. The van der Waals surface area contributed by atoms with Gasteiger partial charge in [0.2, 0.25) is 0 Å². The average Bonchev–Trinajstić information content (AvgIpc) is 2.17. The molecule has 0 radical (unpaired) electrons. The zero-order chi connectivity index (χ0) is 9.26. The molecule has 2 rings (SSSR count). The summed E-state index contributed by atoms with van der Waals surface area (Å²) in [6.45, 7) is 0.513. The van der Waals surface area contributed by atoms with Crippen LogP contribution in [-0.2, 0) is 6.54 Å². The zero-order valence-corrected chi connectivity index (χ0v) is 10.2. The number of aromatic nitrogens is 1. The van der Waals surface area contributed by atoms with Gasteiger partial charge in [0, 0.05) is 23.2 Å². The first-order chi connectivity index (χ1) is 6.31. The standard InChI is InChI=1S/C10H9ClN2.2ClH/c11-8-1-2-10-9(5-8)7(6-12)3-4-13-10;;/h1-5H,6,12H2;2*1H. The highest BCUT2D eigenvalue weighted by atomic mass is 35.5. The summed E-state index contributed by atoms with van der Waals surface area (Å²) in [5.41, 5.74) is 7.61. The van der Waals surface area contributed by atoms with Crippen molar-refractivity contribution in [3.63, 3.8) is 0 Å². The van der Waals surface area contributed by atoms with Crippen molar-refractivity contribution in [1.82, 2.24) is 4.98 Å². The maximum Gasteiger partial charge on any atom is 0.0706 e. The third kappa shape index (κ3) is 2.95. The molecule has 2 nitrogen and oxygen atoms in total. The van der Waals surface area contributed by atoms with Crippen molar-refractivity contribution in [2.45, 2.75) is 6.54 Å². The quantitative estimate of drug-likeness (QED) is 0.860. The van der Waals surface area contributed by atoms with Crippen molar-refractivity contribution in [3.8, 4) is 0 Å². The molecule has 15 heavy (non-hydrogen) atoms. The summed E-state index contributed by atoms with van der Waals surface area (Å²) in [4.78, 5) is 4.22. The topological polar surface area (TPSA) is 38.9 Å². The van der Waals surface area contributed by atoms with Crippen molar-refractivity contribution >= 4 is 47.3 Å². The van der Waals surface area contributed by atoms with Crippen LogP contribution in [0.5, 0.6) is 0 Å². The highest BCUT2D eigenvalue weighted by Gasteiger charge is 2.00. The Bertz CT molecular complexity index is 446. The number of halogens is 3. The Morgan fingerprint density at radius 2 is 1.93 bits per heavy atom. The Kier molecular flexibility index (Phi) is 5.91. The van der Waals surface area contributed by atoms with Gasteiger partial charge < -0.3 is 5.73 Å². The molecule has 0 saturated heterocycles. The first kappa shape index (κ1) is 14.5. The van der Waals surface area contributed by atoms with Crippen LogP contribution in [0.25, 0.3) is 10.9 Å². The molecule has 5 heteroatoms. The maximum absolute atomic E-state index is 5.88. The Labute approximate surface area is 106 Å². The lowest BCUT2D eigenvalue weighted by molar-refractivity contribution is 1.08. The van der Waals surface area contributed by atoms with E-state index in [-0.39, 0.29) is 24.8 Å². The Balaban J connectivity index is 0.000000980. The molecule has 0 atom stereocenters.